The normalized spacial score (nSPS) is 11.2. The molecule has 144 valence electrons. The van der Waals surface area contributed by atoms with Gasteiger partial charge in [-0.05, 0) is 36.8 Å². The molecule has 0 aliphatic heterocycles. The summed E-state index contributed by atoms with van der Waals surface area (Å²) >= 11 is 0. The second-order valence-corrected chi connectivity index (χ2v) is 6.97. The van der Waals surface area contributed by atoms with Crippen LogP contribution in [0, 0.1) is 6.92 Å². The highest BCUT2D eigenvalue weighted by Gasteiger charge is 2.08. The van der Waals surface area contributed by atoms with Gasteiger partial charge in [0.1, 0.15) is 5.75 Å². The second kappa shape index (κ2) is 8.02. The summed E-state index contributed by atoms with van der Waals surface area (Å²) in [5.74, 6) is -0.332. The van der Waals surface area contributed by atoms with E-state index in [9.17, 15) is 9.90 Å². The zero-order chi connectivity index (χ0) is 20.2. The van der Waals surface area contributed by atoms with Crippen LogP contribution in [0.1, 0.15) is 27.0 Å². The smallest absolute Gasteiger partial charge is 0.271 e. The van der Waals surface area contributed by atoms with Gasteiger partial charge in [0.25, 0.3) is 5.91 Å². The third kappa shape index (κ3) is 4.19. The molecule has 5 heteroatoms. The number of hydrogen-bond donors (Lipinski definition) is 2. The van der Waals surface area contributed by atoms with Gasteiger partial charge in [-0.3, -0.25) is 4.79 Å². The molecule has 2 N–H and O–H groups in total. The zero-order valence-electron chi connectivity index (χ0n) is 16.0. The number of carbonyl (C=O) groups is 1. The van der Waals surface area contributed by atoms with Gasteiger partial charge in [-0.25, -0.2) is 5.43 Å². The number of aryl methyl sites for hydroxylation is 1. The van der Waals surface area contributed by atoms with E-state index in [1.165, 1.54) is 23.3 Å². The van der Waals surface area contributed by atoms with Crippen molar-refractivity contribution in [2.75, 3.05) is 0 Å². The third-order valence-corrected chi connectivity index (χ3v) is 4.73. The van der Waals surface area contributed by atoms with E-state index < -0.39 is 0 Å². The minimum atomic E-state index is -0.374. The van der Waals surface area contributed by atoms with Crippen LogP contribution in [0.5, 0.6) is 5.75 Å². The number of fused-ring (bicyclic) bond motifs is 1. The lowest BCUT2D eigenvalue weighted by Gasteiger charge is -2.06. The fourth-order valence-electron chi connectivity index (χ4n) is 3.39. The van der Waals surface area contributed by atoms with E-state index in [1.54, 1.807) is 18.3 Å². The Bertz CT molecular complexity index is 1210. The SMILES string of the molecule is Cc1cccc(Cn2cc(/C=N/NC(=O)c3cccc(O)c3)c3ccccc32)c1. The number of benzene rings is 3. The number of para-hydroxylation sites is 1. The van der Waals surface area contributed by atoms with Crippen molar-refractivity contribution in [3.63, 3.8) is 0 Å². The highest BCUT2D eigenvalue weighted by atomic mass is 16.3. The van der Waals surface area contributed by atoms with Crippen LogP contribution in [0.3, 0.4) is 0 Å². The molecule has 29 heavy (non-hydrogen) atoms. The quantitative estimate of drug-likeness (QED) is 0.394. The van der Waals surface area contributed by atoms with Gasteiger partial charge in [-0.15, -0.1) is 0 Å². The van der Waals surface area contributed by atoms with Crippen molar-refractivity contribution < 1.29 is 9.90 Å². The average Bonchev–Trinajstić information content (AvgIpc) is 3.06. The van der Waals surface area contributed by atoms with Crippen molar-refractivity contribution in [1.82, 2.24) is 9.99 Å². The number of aromatic hydroxyl groups is 1. The predicted molar refractivity (Wildman–Crippen MR) is 115 cm³/mol. The van der Waals surface area contributed by atoms with Gasteiger partial charge in [-0.1, -0.05) is 54.1 Å². The topological polar surface area (TPSA) is 66.6 Å². The van der Waals surface area contributed by atoms with Gasteiger partial charge >= 0.3 is 0 Å². The molecule has 0 radical (unpaired) electrons. The van der Waals surface area contributed by atoms with Crippen molar-refractivity contribution in [3.8, 4) is 5.75 Å². The number of nitrogens with one attached hydrogen (secondary N) is 1. The van der Waals surface area contributed by atoms with Crippen LogP contribution < -0.4 is 5.43 Å². The van der Waals surface area contributed by atoms with Gasteiger partial charge in [0.2, 0.25) is 0 Å². The van der Waals surface area contributed by atoms with E-state index in [2.05, 4.69) is 52.3 Å². The van der Waals surface area contributed by atoms with Crippen LogP contribution in [0.2, 0.25) is 0 Å². The van der Waals surface area contributed by atoms with Gasteiger partial charge < -0.3 is 9.67 Å². The first kappa shape index (κ1) is 18.5. The summed E-state index contributed by atoms with van der Waals surface area (Å²) in [6.45, 7) is 2.84. The molecular weight excluding hydrogens is 362 g/mol. The van der Waals surface area contributed by atoms with Crippen LogP contribution in [0.4, 0.5) is 0 Å². The first-order chi connectivity index (χ1) is 14.1. The molecule has 0 unspecified atom stereocenters. The summed E-state index contributed by atoms with van der Waals surface area (Å²) in [7, 11) is 0. The highest BCUT2D eigenvalue weighted by Crippen LogP contribution is 2.21. The van der Waals surface area contributed by atoms with E-state index in [0.29, 0.717) is 5.56 Å². The fourth-order valence-corrected chi connectivity index (χ4v) is 3.39. The van der Waals surface area contributed by atoms with Crippen LogP contribution in [-0.2, 0) is 6.54 Å². The van der Waals surface area contributed by atoms with E-state index in [1.807, 2.05) is 24.4 Å². The van der Waals surface area contributed by atoms with Gasteiger partial charge in [-0.2, -0.15) is 5.10 Å². The molecule has 5 nitrogen and oxygen atoms in total. The third-order valence-electron chi connectivity index (χ3n) is 4.73. The Morgan fingerprint density at radius 2 is 1.90 bits per heavy atom. The molecule has 0 spiro atoms. The summed E-state index contributed by atoms with van der Waals surface area (Å²) in [6.07, 6.45) is 3.69. The van der Waals surface area contributed by atoms with Crippen LogP contribution in [0.15, 0.2) is 84.1 Å². The largest absolute Gasteiger partial charge is 0.508 e. The lowest BCUT2D eigenvalue weighted by molar-refractivity contribution is 0.0954. The zero-order valence-corrected chi connectivity index (χ0v) is 16.0. The monoisotopic (exact) mass is 383 g/mol. The molecule has 0 fully saturated rings. The maximum atomic E-state index is 12.2. The number of rotatable bonds is 5. The lowest BCUT2D eigenvalue weighted by atomic mass is 10.1. The van der Waals surface area contributed by atoms with E-state index in [4.69, 9.17) is 0 Å². The number of hydrogen-bond acceptors (Lipinski definition) is 3. The van der Waals surface area contributed by atoms with Crippen molar-refractivity contribution in [3.05, 3.63) is 101 Å². The average molecular weight is 383 g/mol. The molecule has 1 amide bonds. The maximum Gasteiger partial charge on any atom is 0.271 e. The van der Waals surface area contributed by atoms with Crippen LogP contribution in [0.25, 0.3) is 10.9 Å². The Labute approximate surface area is 168 Å². The molecule has 0 aliphatic rings. The van der Waals surface area contributed by atoms with E-state index in [-0.39, 0.29) is 11.7 Å². The second-order valence-electron chi connectivity index (χ2n) is 6.97. The molecule has 4 rings (SSSR count). The Hall–Kier alpha value is -3.86. The highest BCUT2D eigenvalue weighted by molar-refractivity contribution is 6.00. The van der Waals surface area contributed by atoms with Gasteiger partial charge in [0.05, 0.1) is 6.21 Å². The number of phenolic OH excluding ortho intramolecular Hbond substituents is 1. The van der Waals surface area contributed by atoms with Crippen molar-refractivity contribution in [2.24, 2.45) is 5.10 Å². The minimum absolute atomic E-state index is 0.0425. The Morgan fingerprint density at radius 3 is 2.72 bits per heavy atom. The lowest BCUT2D eigenvalue weighted by Crippen LogP contribution is -2.17. The summed E-state index contributed by atoms with van der Waals surface area (Å²) in [6, 6.07) is 22.7. The molecule has 1 aromatic heterocycles. The van der Waals surface area contributed by atoms with Crippen molar-refractivity contribution >= 4 is 23.0 Å². The molecular formula is C24H21N3O2. The summed E-state index contributed by atoms with van der Waals surface area (Å²) in [5.41, 5.74) is 7.35. The number of phenols is 1. The summed E-state index contributed by atoms with van der Waals surface area (Å²) < 4.78 is 2.18. The molecule has 4 aromatic rings. The summed E-state index contributed by atoms with van der Waals surface area (Å²) in [4.78, 5) is 12.2. The van der Waals surface area contributed by atoms with Crippen LogP contribution in [-0.4, -0.2) is 21.8 Å². The van der Waals surface area contributed by atoms with Gasteiger partial charge in [0.15, 0.2) is 0 Å². The van der Waals surface area contributed by atoms with Crippen LogP contribution >= 0.6 is 0 Å². The molecule has 1 heterocycles. The standard InChI is InChI=1S/C24H21N3O2/c1-17-6-4-7-18(12-17)15-27-16-20(22-10-2-3-11-23(22)27)14-25-26-24(29)19-8-5-9-21(28)13-19/h2-14,16,28H,15H2,1H3,(H,26,29)/b25-14+. The molecule has 0 bridgehead atoms. The number of aromatic nitrogens is 1. The molecule has 0 saturated carbocycles. The Kier molecular flexibility index (Phi) is 5.12. The van der Waals surface area contributed by atoms with E-state index in [0.717, 1.165) is 23.0 Å². The fraction of sp³-hybridized carbons (Fsp3) is 0.0833. The number of amides is 1. The number of carbonyl (C=O) groups excluding carboxylic acids is 1. The van der Waals surface area contributed by atoms with Gasteiger partial charge in [0, 0.05) is 34.8 Å². The van der Waals surface area contributed by atoms with Crippen molar-refractivity contribution in [1.29, 1.82) is 0 Å². The van der Waals surface area contributed by atoms with Crippen molar-refractivity contribution in [2.45, 2.75) is 13.5 Å². The molecule has 0 saturated heterocycles. The Morgan fingerprint density at radius 1 is 1.07 bits per heavy atom. The minimum Gasteiger partial charge on any atom is -0.508 e. The first-order valence-corrected chi connectivity index (χ1v) is 9.36. The number of hydrazone groups is 1. The predicted octanol–water partition coefficient (Wildman–Crippen LogP) is 4.47. The first-order valence-electron chi connectivity index (χ1n) is 9.36. The Balaban J connectivity index is 1.57. The molecule has 0 aliphatic carbocycles. The van der Waals surface area contributed by atoms with E-state index >= 15 is 0 Å². The maximum absolute atomic E-state index is 12.2. The molecule has 3 aromatic carbocycles. The number of nitrogens with zero attached hydrogens (tertiary/aromatic N) is 2. The molecule has 0 atom stereocenters. The summed E-state index contributed by atoms with van der Waals surface area (Å²) in [5, 5.41) is 14.7.